The minimum Gasteiger partial charge on any atom is -0.374 e. The van der Waals surface area contributed by atoms with Gasteiger partial charge in [-0.3, -0.25) is 0 Å². The van der Waals surface area contributed by atoms with Crippen molar-refractivity contribution >= 4 is 6.08 Å². The first-order chi connectivity index (χ1) is 8.36. The van der Waals surface area contributed by atoms with Gasteiger partial charge in [0.05, 0.1) is 0 Å². The van der Waals surface area contributed by atoms with Gasteiger partial charge in [0.2, 0.25) is 0 Å². The van der Waals surface area contributed by atoms with E-state index in [1.807, 2.05) is 0 Å². The maximum Gasteiger partial charge on any atom is 0.0240 e. The van der Waals surface area contributed by atoms with Crippen molar-refractivity contribution in [3.05, 3.63) is 54.2 Å². The molecule has 1 nitrogen and oxygen atoms in total. The van der Waals surface area contributed by atoms with Crippen LogP contribution in [0.25, 0.3) is 6.08 Å². The molecule has 2 bridgehead atoms. The van der Waals surface area contributed by atoms with Gasteiger partial charge >= 0.3 is 0 Å². The Kier molecular flexibility index (Phi) is 2.76. The third kappa shape index (κ3) is 2.02. The molecule has 0 unspecified atom stereocenters. The average molecular weight is 225 g/mol. The fourth-order valence-electron chi connectivity index (χ4n) is 3.10. The Hall–Kier alpha value is -1.50. The monoisotopic (exact) mass is 225 g/mol. The number of nitrogens with zero attached hydrogens (tertiary/aromatic N) is 1. The van der Waals surface area contributed by atoms with E-state index in [1.165, 1.54) is 37.2 Å². The predicted molar refractivity (Wildman–Crippen MR) is 72.4 cm³/mol. The van der Waals surface area contributed by atoms with Gasteiger partial charge in [-0.25, -0.2) is 0 Å². The second kappa shape index (κ2) is 4.40. The minimum atomic E-state index is 0.705. The van der Waals surface area contributed by atoms with Crippen molar-refractivity contribution in [3.8, 4) is 0 Å². The number of fused-ring (bicyclic) bond motifs is 3. The van der Waals surface area contributed by atoms with Gasteiger partial charge in [-0.05, 0) is 36.3 Å². The number of hydrogen-bond donors (Lipinski definition) is 0. The summed E-state index contributed by atoms with van der Waals surface area (Å²) in [6, 6.07) is 10.6. The fourth-order valence-corrected chi connectivity index (χ4v) is 3.10. The molecule has 3 fully saturated rings. The molecule has 0 radical (unpaired) electrons. The van der Waals surface area contributed by atoms with Crippen LogP contribution in [0.1, 0.15) is 18.4 Å². The van der Waals surface area contributed by atoms with E-state index in [1.54, 1.807) is 0 Å². The number of hydrogen-bond acceptors (Lipinski definition) is 1. The highest BCUT2D eigenvalue weighted by Gasteiger charge is 2.34. The third-order valence-electron chi connectivity index (χ3n) is 4.12. The van der Waals surface area contributed by atoms with Crippen LogP contribution < -0.4 is 0 Å². The van der Waals surface area contributed by atoms with Crippen LogP contribution in [0, 0.1) is 11.8 Å². The van der Waals surface area contributed by atoms with Crippen molar-refractivity contribution in [2.45, 2.75) is 12.8 Å². The summed E-state index contributed by atoms with van der Waals surface area (Å²) >= 11 is 0. The zero-order valence-electron chi connectivity index (χ0n) is 10.2. The molecular weight excluding hydrogens is 206 g/mol. The van der Waals surface area contributed by atoms with Crippen molar-refractivity contribution in [2.24, 2.45) is 11.8 Å². The van der Waals surface area contributed by atoms with Crippen molar-refractivity contribution in [3.63, 3.8) is 0 Å². The number of piperidine rings is 3. The molecule has 0 aromatic heterocycles. The Morgan fingerprint density at radius 2 is 2.06 bits per heavy atom. The predicted octanol–water partition coefficient (Wildman–Crippen LogP) is 3.56. The largest absolute Gasteiger partial charge is 0.374 e. The molecule has 0 aliphatic carbocycles. The summed E-state index contributed by atoms with van der Waals surface area (Å²) in [7, 11) is 0. The quantitative estimate of drug-likeness (QED) is 0.696. The van der Waals surface area contributed by atoms with Gasteiger partial charge < -0.3 is 4.90 Å². The van der Waals surface area contributed by atoms with Crippen LogP contribution in [0.4, 0.5) is 0 Å². The molecule has 1 aromatic rings. The van der Waals surface area contributed by atoms with Gasteiger partial charge in [0.15, 0.2) is 0 Å². The molecule has 3 heterocycles. The molecule has 88 valence electrons. The van der Waals surface area contributed by atoms with Gasteiger partial charge in [0.1, 0.15) is 0 Å². The summed E-state index contributed by atoms with van der Waals surface area (Å²) in [6.07, 6.45) is 7.07. The van der Waals surface area contributed by atoms with Gasteiger partial charge in [-0.15, -0.1) is 6.58 Å². The standard InChI is InChI=1S/C16H19N/c1-2-14-12-17-9-8-15(14)11-16(17)10-13-6-4-3-5-7-13/h2-7,10,14-15H,1,8-9,11-12H2/b16-10-/t14-,15-/m0/s1. The summed E-state index contributed by atoms with van der Waals surface area (Å²) < 4.78 is 0. The molecule has 1 aromatic carbocycles. The van der Waals surface area contributed by atoms with Crippen LogP contribution in [0.15, 0.2) is 48.7 Å². The lowest BCUT2D eigenvalue weighted by atomic mass is 9.77. The Morgan fingerprint density at radius 1 is 1.24 bits per heavy atom. The van der Waals surface area contributed by atoms with Crippen molar-refractivity contribution in [1.82, 2.24) is 4.90 Å². The molecular formula is C16H19N. The van der Waals surface area contributed by atoms with Gasteiger partial charge in [-0.2, -0.15) is 0 Å². The molecule has 17 heavy (non-hydrogen) atoms. The van der Waals surface area contributed by atoms with Crippen molar-refractivity contribution in [1.29, 1.82) is 0 Å². The topological polar surface area (TPSA) is 3.24 Å². The third-order valence-corrected chi connectivity index (χ3v) is 4.12. The molecule has 0 amide bonds. The molecule has 4 rings (SSSR count). The maximum atomic E-state index is 3.97. The van der Waals surface area contributed by atoms with E-state index in [4.69, 9.17) is 0 Å². The summed E-state index contributed by atoms with van der Waals surface area (Å²) in [5.41, 5.74) is 2.84. The molecule has 3 saturated heterocycles. The van der Waals surface area contributed by atoms with Crippen LogP contribution >= 0.6 is 0 Å². The van der Waals surface area contributed by atoms with Crippen LogP contribution in [-0.2, 0) is 0 Å². The van der Waals surface area contributed by atoms with Crippen LogP contribution in [-0.4, -0.2) is 18.0 Å². The van der Waals surface area contributed by atoms with Gasteiger partial charge in [-0.1, -0.05) is 36.4 Å². The lowest BCUT2D eigenvalue weighted by molar-refractivity contribution is 0.119. The Balaban J connectivity index is 1.83. The van der Waals surface area contributed by atoms with Crippen LogP contribution in [0.3, 0.4) is 0 Å². The first kappa shape index (κ1) is 10.6. The molecule has 0 saturated carbocycles. The number of benzene rings is 1. The Labute approximate surface area is 103 Å². The van der Waals surface area contributed by atoms with E-state index >= 15 is 0 Å². The van der Waals surface area contributed by atoms with Gasteiger partial charge in [0.25, 0.3) is 0 Å². The Morgan fingerprint density at radius 3 is 2.71 bits per heavy atom. The van der Waals surface area contributed by atoms with Crippen molar-refractivity contribution < 1.29 is 0 Å². The molecule has 0 N–H and O–H groups in total. The summed E-state index contributed by atoms with van der Waals surface area (Å²) in [4.78, 5) is 2.54. The summed E-state index contributed by atoms with van der Waals surface area (Å²) in [5.74, 6) is 1.53. The first-order valence-electron chi connectivity index (χ1n) is 6.50. The van der Waals surface area contributed by atoms with E-state index < -0.39 is 0 Å². The van der Waals surface area contributed by atoms with E-state index in [2.05, 4.69) is 54.0 Å². The Bertz CT molecular complexity index is 432. The lowest BCUT2D eigenvalue weighted by Crippen LogP contribution is -2.45. The highest BCUT2D eigenvalue weighted by atomic mass is 15.2. The molecule has 0 spiro atoms. The van der Waals surface area contributed by atoms with E-state index in [0.29, 0.717) is 5.92 Å². The number of rotatable bonds is 2. The SMILES string of the molecule is C=C[C@H]1CN2CC[C@H]1C/C2=C/c1ccccc1. The zero-order chi connectivity index (χ0) is 11.7. The van der Waals surface area contributed by atoms with E-state index in [0.717, 1.165) is 5.92 Å². The fraction of sp³-hybridized carbons (Fsp3) is 0.375. The molecule has 2 atom stereocenters. The van der Waals surface area contributed by atoms with Crippen molar-refractivity contribution in [2.75, 3.05) is 13.1 Å². The highest BCUT2D eigenvalue weighted by molar-refractivity contribution is 5.52. The van der Waals surface area contributed by atoms with E-state index in [9.17, 15) is 0 Å². The maximum absolute atomic E-state index is 3.97. The van der Waals surface area contributed by atoms with E-state index in [-0.39, 0.29) is 0 Å². The second-order valence-corrected chi connectivity index (χ2v) is 5.14. The van der Waals surface area contributed by atoms with Crippen LogP contribution in [0.2, 0.25) is 0 Å². The van der Waals surface area contributed by atoms with Gasteiger partial charge in [0, 0.05) is 18.8 Å². The van der Waals surface area contributed by atoms with Crippen LogP contribution in [0.5, 0.6) is 0 Å². The highest BCUT2D eigenvalue weighted by Crippen LogP contribution is 2.39. The second-order valence-electron chi connectivity index (χ2n) is 5.14. The summed E-state index contributed by atoms with van der Waals surface area (Å²) in [5, 5.41) is 0. The molecule has 1 heteroatoms. The molecule has 3 aliphatic heterocycles. The minimum absolute atomic E-state index is 0.705. The number of allylic oxidation sites excluding steroid dienone is 1. The smallest absolute Gasteiger partial charge is 0.0240 e. The molecule has 3 aliphatic rings. The lowest BCUT2D eigenvalue weighted by Gasteiger charge is -2.46. The normalized spacial score (nSPS) is 29.6. The zero-order valence-corrected chi connectivity index (χ0v) is 10.2. The first-order valence-corrected chi connectivity index (χ1v) is 6.50. The summed E-state index contributed by atoms with van der Waals surface area (Å²) in [6.45, 7) is 6.37. The average Bonchev–Trinajstić information content (AvgIpc) is 2.40.